The zero-order chi connectivity index (χ0) is 16.5. The second-order valence-electron chi connectivity index (χ2n) is 5.89. The smallest absolute Gasteiger partial charge is 0.266 e. The Labute approximate surface area is 139 Å². The normalized spacial score (nSPS) is 15.0. The molecule has 0 unspecified atom stereocenters. The topological polar surface area (TPSA) is 60.3 Å². The molecular weight excluding hydrogens is 304 g/mol. The highest BCUT2D eigenvalue weighted by molar-refractivity contribution is 5.78. The maximum absolute atomic E-state index is 12.8. The van der Waals surface area contributed by atoms with Crippen LogP contribution in [0.5, 0.6) is 0 Å². The fourth-order valence-electron chi connectivity index (χ4n) is 2.84. The van der Waals surface area contributed by atoms with E-state index < -0.39 is 0 Å². The molecule has 2 aromatic heterocycles. The lowest BCUT2D eigenvalue weighted by Crippen LogP contribution is -2.37. The Morgan fingerprint density at radius 3 is 2.58 bits per heavy atom. The maximum Gasteiger partial charge on any atom is 0.266 e. The highest BCUT2D eigenvalue weighted by atomic mass is 16.5. The van der Waals surface area contributed by atoms with E-state index in [-0.39, 0.29) is 5.56 Å². The summed E-state index contributed by atoms with van der Waals surface area (Å²) < 4.78 is 6.97. The SMILES string of the molecule is Cc1ccc(-n2ccc3nc(N4CCOCC4)ncc3c2=O)cc1. The molecule has 6 nitrogen and oxygen atoms in total. The van der Waals surface area contributed by atoms with Gasteiger partial charge in [0.05, 0.1) is 24.1 Å². The fourth-order valence-corrected chi connectivity index (χ4v) is 2.84. The summed E-state index contributed by atoms with van der Waals surface area (Å²) in [5, 5.41) is 0.523. The molecule has 0 saturated carbocycles. The van der Waals surface area contributed by atoms with Crippen LogP contribution in [0.1, 0.15) is 5.56 Å². The molecule has 4 rings (SSSR count). The maximum atomic E-state index is 12.8. The molecule has 1 aliphatic heterocycles. The van der Waals surface area contributed by atoms with E-state index in [2.05, 4.69) is 14.9 Å². The van der Waals surface area contributed by atoms with Gasteiger partial charge in [-0.15, -0.1) is 0 Å². The lowest BCUT2D eigenvalue weighted by atomic mass is 10.2. The van der Waals surface area contributed by atoms with E-state index in [0.29, 0.717) is 30.1 Å². The molecule has 6 heteroatoms. The van der Waals surface area contributed by atoms with Crippen LogP contribution in [0.25, 0.3) is 16.6 Å². The van der Waals surface area contributed by atoms with E-state index in [0.717, 1.165) is 24.3 Å². The number of aryl methyl sites for hydroxylation is 1. The number of pyridine rings is 1. The highest BCUT2D eigenvalue weighted by Gasteiger charge is 2.15. The van der Waals surface area contributed by atoms with Gasteiger partial charge in [-0.2, -0.15) is 0 Å². The van der Waals surface area contributed by atoms with E-state index >= 15 is 0 Å². The first-order chi connectivity index (χ1) is 11.7. The van der Waals surface area contributed by atoms with Crippen LogP contribution >= 0.6 is 0 Å². The van der Waals surface area contributed by atoms with Gasteiger partial charge in [0.2, 0.25) is 5.95 Å². The van der Waals surface area contributed by atoms with E-state index in [1.807, 2.05) is 37.3 Å². The average molecular weight is 322 g/mol. The minimum atomic E-state index is -0.107. The van der Waals surface area contributed by atoms with Crippen molar-refractivity contribution in [2.75, 3.05) is 31.2 Å². The number of hydrogen-bond donors (Lipinski definition) is 0. The highest BCUT2D eigenvalue weighted by Crippen LogP contribution is 2.15. The third kappa shape index (κ3) is 2.65. The number of hydrogen-bond acceptors (Lipinski definition) is 5. The van der Waals surface area contributed by atoms with Crippen LogP contribution in [-0.4, -0.2) is 40.8 Å². The van der Waals surface area contributed by atoms with Crippen LogP contribution in [0.3, 0.4) is 0 Å². The summed E-state index contributed by atoms with van der Waals surface area (Å²) in [4.78, 5) is 23.8. The lowest BCUT2D eigenvalue weighted by molar-refractivity contribution is 0.122. The molecule has 1 fully saturated rings. The van der Waals surface area contributed by atoms with Crippen LogP contribution in [0.2, 0.25) is 0 Å². The minimum Gasteiger partial charge on any atom is -0.378 e. The van der Waals surface area contributed by atoms with Gasteiger partial charge in [0.25, 0.3) is 5.56 Å². The van der Waals surface area contributed by atoms with E-state index in [4.69, 9.17) is 4.74 Å². The van der Waals surface area contributed by atoms with Gasteiger partial charge < -0.3 is 9.64 Å². The van der Waals surface area contributed by atoms with Crippen molar-refractivity contribution in [1.29, 1.82) is 0 Å². The molecule has 0 atom stereocenters. The molecule has 3 heterocycles. The van der Waals surface area contributed by atoms with Crippen LogP contribution in [0.15, 0.2) is 47.5 Å². The van der Waals surface area contributed by atoms with Gasteiger partial charge in [-0.05, 0) is 25.1 Å². The first-order valence-corrected chi connectivity index (χ1v) is 8.00. The van der Waals surface area contributed by atoms with Crippen molar-refractivity contribution in [3.63, 3.8) is 0 Å². The second-order valence-corrected chi connectivity index (χ2v) is 5.89. The number of anilines is 1. The van der Waals surface area contributed by atoms with Crippen molar-refractivity contribution < 1.29 is 4.74 Å². The minimum absolute atomic E-state index is 0.107. The number of fused-ring (bicyclic) bond motifs is 1. The number of rotatable bonds is 2. The van der Waals surface area contributed by atoms with Crippen LogP contribution in [0.4, 0.5) is 5.95 Å². The van der Waals surface area contributed by atoms with Gasteiger partial charge in [0.1, 0.15) is 0 Å². The largest absolute Gasteiger partial charge is 0.378 e. The molecule has 24 heavy (non-hydrogen) atoms. The number of nitrogens with zero attached hydrogens (tertiary/aromatic N) is 4. The molecule has 122 valence electrons. The first kappa shape index (κ1) is 14.8. The van der Waals surface area contributed by atoms with Gasteiger partial charge in [-0.25, -0.2) is 9.97 Å². The zero-order valence-corrected chi connectivity index (χ0v) is 13.5. The average Bonchev–Trinajstić information content (AvgIpc) is 2.63. The number of aromatic nitrogens is 3. The fraction of sp³-hybridized carbons (Fsp3) is 0.278. The van der Waals surface area contributed by atoms with Crippen molar-refractivity contribution in [3.8, 4) is 5.69 Å². The molecule has 0 amide bonds. The van der Waals surface area contributed by atoms with E-state index in [1.54, 1.807) is 17.0 Å². The molecule has 3 aromatic rings. The van der Waals surface area contributed by atoms with Crippen molar-refractivity contribution in [2.24, 2.45) is 0 Å². The van der Waals surface area contributed by atoms with E-state index in [9.17, 15) is 4.79 Å². The van der Waals surface area contributed by atoms with Crippen molar-refractivity contribution in [3.05, 3.63) is 58.6 Å². The summed E-state index contributed by atoms with van der Waals surface area (Å²) in [6, 6.07) is 9.72. The van der Waals surface area contributed by atoms with Crippen LogP contribution in [0, 0.1) is 6.92 Å². The Hall–Kier alpha value is -2.73. The molecule has 0 radical (unpaired) electrons. The predicted molar refractivity (Wildman–Crippen MR) is 92.9 cm³/mol. The zero-order valence-electron chi connectivity index (χ0n) is 13.5. The molecule has 0 aliphatic carbocycles. The molecule has 0 N–H and O–H groups in total. The summed E-state index contributed by atoms with van der Waals surface area (Å²) in [5.41, 5.74) is 2.56. The summed E-state index contributed by atoms with van der Waals surface area (Å²) in [6.07, 6.45) is 3.39. The van der Waals surface area contributed by atoms with E-state index in [1.165, 1.54) is 0 Å². The Morgan fingerprint density at radius 1 is 1.08 bits per heavy atom. The van der Waals surface area contributed by atoms with Gasteiger partial charge in [0.15, 0.2) is 0 Å². The molecule has 0 spiro atoms. The van der Waals surface area contributed by atoms with Crippen molar-refractivity contribution in [2.45, 2.75) is 6.92 Å². The lowest BCUT2D eigenvalue weighted by Gasteiger charge is -2.26. The molecule has 1 saturated heterocycles. The molecule has 1 aliphatic rings. The second kappa shape index (κ2) is 6.05. The van der Waals surface area contributed by atoms with Crippen LogP contribution in [-0.2, 0) is 4.74 Å². The quantitative estimate of drug-likeness (QED) is 0.721. The molecule has 1 aromatic carbocycles. The summed E-state index contributed by atoms with van der Waals surface area (Å²) in [6.45, 7) is 4.92. The predicted octanol–water partition coefficient (Wildman–Crippen LogP) is 1.93. The number of ether oxygens (including phenoxy) is 1. The molecular formula is C18H18N4O2. The van der Waals surface area contributed by atoms with Crippen molar-refractivity contribution >= 4 is 16.9 Å². The first-order valence-electron chi connectivity index (χ1n) is 8.00. The summed E-state index contributed by atoms with van der Waals surface area (Å²) >= 11 is 0. The Kier molecular flexibility index (Phi) is 3.74. The monoisotopic (exact) mass is 322 g/mol. The Bertz CT molecular complexity index is 928. The van der Waals surface area contributed by atoms with Gasteiger partial charge in [-0.3, -0.25) is 9.36 Å². The standard InChI is InChI=1S/C18H18N4O2/c1-13-2-4-14(5-3-13)22-7-6-16-15(17(22)23)12-19-18(20-16)21-8-10-24-11-9-21/h2-7,12H,8-11H2,1H3. The van der Waals surface area contributed by atoms with Gasteiger partial charge >= 0.3 is 0 Å². The van der Waals surface area contributed by atoms with Gasteiger partial charge in [-0.1, -0.05) is 17.7 Å². The van der Waals surface area contributed by atoms with Crippen molar-refractivity contribution in [1.82, 2.24) is 14.5 Å². The Balaban J connectivity index is 1.76. The summed E-state index contributed by atoms with van der Waals surface area (Å²) in [7, 11) is 0. The number of benzene rings is 1. The van der Waals surface area contributed by atoms with Gasteiger partial charge in [0, 0.05) is 31.2 Å². The molecule has 0 bridgehead atoms. The third-order valence-electron chi connectivity index (χ3n) is 4.24. The third-order valence-corrected chi connectivity index (χ3v) is 4.24. The Morgan fingerprint density at radius 2 is 1.83 bits per heavy atom. The van der Waals surface area contributed by atoms with Crippen LogP contribution < -0.4 is 10.5 Å². The number of morpholine rings is 1. The summed E-state index contributed by atoms with van der Waals surface area (Å²) in [5.74, 6) is 0.651.